The van der Waals surface area contributed by atoms with E-state index in [4.69, 9.17) is 10.3 Å². The second-order valence-electron chi connectivity index (χ2n) is 7.31. The zero-order chi connectivity index (χ0) is 16.4. The summed E-state index contributed by atoms with van der Waals surface area (Å²) in [5, 5.41) is 4.02. The zero-order valence-electron chi connectivity index (χ0n) is 14.2. The number of hydrogen-bond donors (Lipinski definition) is 1. The molecule has 0 saturated carbocycles. The van der Waals surface area contributed by atoms with E-state index in [0.29, 0.717) is 18.5 Å². The molecule has 3 rings (SSSR count). The average Bonchev–Trinajstić information content (AvgIpc) is 3.16. The van der Waals surface area contributed by atoms with Crippen molar-refractivity contribution < 1.29 is 4.52 Å². The number of nitrogens with two attached hydrogens (primary N) is 1. The third-order valence-corrected chi connectivity index (χ3v) is 4.55. The molecule has 0 bridgehead atoms. The van der Waals surface area contributed by atoms with Crippen LogP contribution in [0.4, 0.5) is 0 Å². The standard InChI is InChI=1S/C18H26N4O/c1-18(2,3)14-8-6-13(7-9-14)15-5-4-10-22(15)12-16-20-17(11-19)23-21-16/h6-9,15H,4-5,10-12,19H2,1-3H3. The van der Waals surface area contributed by atoms with Gasteiger partial charge in [0.2, 0.25) is 5.89 Å². The van der Waals surface area contributed by atoms with Gasteiger partial charge in [0, 0.05) is 6.04 Å². The van der Waals surface area contributed by atoms with Crippen molar-refractivity contribution in [3.63, 3.8) is 0 Å². The van der Waals surface area contributed by atoms with Crippen LogP contribution in [0.25, 0.3) is 0 Å². The molecule has 2 N–H and O–H groups in total. The Balaban J connectivity index is 1.73. The summed E-state index contributed by atoms with van der Waals surface area (Å²) in [4.78, 5) is 6.75. The van der Waals surface area contributed by atoms with Crippen LogP contribution in [0, 0.1) is 0 Å². The predicted molar refractivity (Wildman–Crippen MR) is 89.7 cm³/mol. The van der Waals surface area contributed by atoms with E-state index in [1.165, 1.54) is 24.0 Å². The van der Waals surface area contributed by atoms with Crippen molar-refractivity contribution in [2.45, 2.75) is 58.2 Å². The molecule has 0 amide bonds. The lowest BCUT2D eigenvalue weighted by Crippen LogP contribution is -2.23. The fourth-order valence-corrected chi connectivity index (χ4v) is 3.22. The van der Waals surface area contributed by atoms with E-state index in [9.17, 15) is 0 Å². The first-order valence-electron chi connectivity index (χ1n) is 8.33. The van der Waals surface area contributed by atoms with Gasteiger partial charge in [-0.05, 0) is 35.9 Å². The molecule has 1 aromatic carbocycles. The van der Waals surface area contributed by atoms with Crippen molar-refractivity contribution in [3.05, 3.63) is 47.1 Å². The van der Waals surface area contributed by atoms with Gasteiger partial charge in [-0.2, -0.15) is 4.98 Å². The summed E-state index contributed by atoms with van der Waals surface area (Å²) in [6.07, 6.45) is 2.38. The molecule has 1 atom stereocenters. The van der Waals surface area contributed by atoms with Crippen LogP contribution in [0.3, 0.4) is 0 Å². The molecule has 1 unspecified atom stereocenters. The number of benzene rings is 1. The molecule has 2 heterocycles. The average molecular weight is 314 g/mol. The smallest absolute Gasteiger partial charge is 0.240 e. The fraction of sp³-hybridized carbons (Fsp3) is 0.556. The zero-order valence-corrected chi connectivity index (χ0v) is 14.2. The first-order valence-corrected chi connectivity index (χ1v) is 8.33. The van der Waals surface area contributed by atoms with Gasteiger partial charge in [0.15, 0.2) is 5.82 Å². The molecule has 0 spiro atoms. The summed E-state index contributed by atoms with van der Waals surface area (Å²) in [6, 6.07) is 9.49. The van der Waals surface area contributed by atoms with E-state index in [1.807, 2.05) is 0 Å². The highest BCUT2D eigenvalue weighted by atomic mass is 16.5. The van der Waals surface area contributed by atoms with Gasteiger partial charge in [0.1, 0.15) is 0 Å². The highest BCUT2D eigenvalue weighted by Crippen LogP contribution is 2.34. The molecule has 5 nitrogen and oxygen atoms in total. The second kappa shape index (κ2) is 6.42. The number of rotatable bonds is 4. The fourth-order valence-electron chi connectivity index (χ4n) is 3.22. The Hall–Kier alpha value is -1.72. The Kier molecular flexibility index (Phi) is 4.50. The van der Waals surface area contributed by atoms with Crippen LogP contribution in [0.15, 0.2) is 28.8 Å². The van der Waals surface area contributed by atoms with Gasteiger partial charge >= 0.3 is 0 Å². The van der Waals surface area contributed by atoms with Gasteiger partial charge in [-0.1, -0.05) is 50.2 Å². The molecule has 1 saturated heterocycles. The van der Waals surface area contributed by atoms with Crippen LogP contribution in [0.5, 0.6) is 0 Å². The quantitative estimate of drug-likeness (QED) is 0.939. The summed E-state index contributed by atoms with van der Waals surface area (Å²) >= 11 is 0. The highest BCUT2D eigenvalue weighted by Gasteiger charge is 2.27. The molecule has 5 heteroatoms. The van der Waals surface area contributed by atoms with Crippen molar-refractivity contribution in [3.8, 4) is 0 Å². The highest BCUT2D eigenvalue weighted by molar-refractivity contribution is 5.29. The van der Waals surface area contributed by atoms with E-state index >= 15 is 0 Å². The van der Waals surface area contributed by atoms with Crippen molar-refractivity contribution in [1.82, 2.24) is 15.0 Å². The van der Waals surface area contributed by atoms with Gasteiger partial charge in [-0.25, -0.2) is 0 Å². The molecule has 0 radical (unpaired) electrons. The molecule has 1 aliphatic rings. The van der Waals surface area contributed by atoms with Crippen LogP contribution in [-0.2, 0) is 18.5 Å². The molecular weight excluding hydrogens is 288 g/mol. The number of likely N-dealkylation sites (tertiary alicyclic amines) is 1. The Morgan fingerprint density at radius 2 is 2.00 bits per heavy atom. The lowest BCUT2D eigenvalue weighted by Gasteiger charge is -2.25. The monoisotopic (exact) mass is 314 g/mol. The summed E-state index contributed by atoms with van der Waals surface area (Å²) in [7, 11) is 0. The van der Waals surface area contributed by atoms with Crippen LogP contribution in [0.1, 0.15) is 62.5 Å². The maximum absolute atomic E-state index is 5.53. The number of hydrogen-bond acceptors (Lipinski definition) is 5. The van der Waals surface area contributed by atoms with Gasteiger partial charge in [-0.15, -0.1) is 0 Å². The van der Waals surface area contributed by atoms with Crippen molar-refractivity contribution in [1.29, 1.82) is 0 Å². The summed E-state index contributed by atoms with van der Waals surface area (Å²) in [6.45, 7) is 8.82. The van der Waals surface area contributed by atoms with E-state index in [2.05, 4.69) is 60.1 Å². The Labute approximate surface area is 137 Å². The summed E-state index contributed by atoms with van der Waals surface area (Å²) in [5.41, 5.74) is 8.47. The first-order chi connectivity index (χ1) is 11.0. The third-order valence-electron chi connectivity index (χ3n) is 4.55. The van der Waals surface area contributed by atoms with Crippen LogP contribution in [0.2, 0.25) is 0 Å². The normalized spacial score (nSPS) is 19.4. The van der Waals surface area contributed by atoms with Gasteiger partial charge < -0.3 is 10.3 Å². The number of aromatic nitrogens is 2. The Bertz CT molecular complexity index is 642. The molecule has 1 fully saturated rings. The van der Waals surface area contributed by atoms with E-state index < -0.39 is 0 Å². The van der Waals surface area contributed by atoms with Gasteiger partial charge in [0.25, 0.3) is 0 Å². The van der Waals surface area contributed by atoms with Crippen LogP contribution < -0.4 is 5.73 Å². The van der Waals surface area contributed by atoms with Gasteiger partial charge in [0.05, 0.1) is 13.1 Å². The van der Waals surface area contributed by atoms with Crippen molar-refractivity contribution in [2.24, 2.45) is 5.73 Å². The maximum atomic E-state index is 5.53. The molecular formula is C18H26N4O. The van der Waals surface area contributed by atoms with Crippen LogP contribution >= 0.6 is 0 Å². The molecule has 1 aromatic heterocycles. The minimum atomic E-state index is 0.192. The van der Waals surface area contributed by atoms with E-state index in [0.717, 1.165) is 18.9 Å². The van der Waals surface area contributed by atoms with Crippen LogP contribution in [-0.4, -0.2) is 21.6 Å². The molecule has 124 valence electrons. The molecule has 2 aromatic rings. The lowest BCUT2D eigenvalue weighted by atomic mass is 9.86. The van der Waals surface area contributed by atoms with Gasteiger partial charge in [-0.3, -0.25) is 4.90 Å². The number of nitrogens with zero attached hydrogens (tertiary/aromatic N) is 3. The van der Waals surface area contributed by atoms with E-state index in [1.54, 1.807) is 0 Å². The minimum absolute atomic E-state index is 0.192. The molecule has 23 heavy (non-hydrogen) atoms. The maximum Gasteiger partial charge on any atom is 0.240 e. The predicted octanol–water partition coefficient (Wildman–Crippen LogP) is 3.16. The molecule has 1 aliphatic heterocycles. The Morgan fingerprint density at radius 1 is 1.26 bits per heavy atom. The summed E-state index contributed by atoms with van der Waals surface area (Å²) < 4.78 is 5.11. The Morgan fingerprint density at radius 3 is 2.61 bits per heavy atom. The topological polar surface area (TPSA) is 68.2 Å². The second-order valence-corrected chi connectivity index (χ2v) is 7.31. The molecule has 0 aliphatic carbocycles. The first kappa shape index (κ1) is 16.1. The largest absolute Gasteiger partial charge is 0.338 e. The summed E-state index contributed by atoms with van der Waals surface area (Å²) in [5.74, 6) is 1.23. The van der Waals surface area contributed by atoms with E-state index in [-0.39, 0.29) is 5.41 Å². The lowest BCUT2D eigenvalue weighted by molar-refractivity contribution is 0.238. The van der Waals surface area contributed by atoms with Crippen molar-refractivity contribution in [2.75, 3.05) is 6.54 Å². The third kappa shape index (κ3) is 3.62. The van der Waals surface area contributed by atoms with Crippen molar-refractivity contribution >= 4 is 0 Å². The SMILES string of the molecule is CC(C)(C)c1ccc(C2CCCN2Cc2noc(CN)n2)cc1. The minimum Gasteiger partial charge on any atom is -0.338 e.